The van der Waals surface area contributed by atoms with Crippen LogP contribution >= 0.6 is 15.9 Å². The Hall–Kier alpha value is -1.50. The summed E-state index contributed by atoms with van der Waals surface area (Å²) in [5, 5.41) is 2.82. The van der Waals surface area contributed by atoms with Crippen LogP contribution in [-0.2, 0) is 9.59 Å². The second kappa shape index (κ2) is 4.17. The van der Waals surface area contributed by atoms with E-state index in [4.69, 9.17) is 0 Å². The molecule has 2 amide bonds. The molecule has 1 saturated heterocycles. The van der Waals surface area contributed by atoms with Gasteiger partial charge in [0.15, 0.2) is 0 Å². The van der Waals surface area contributed by atoms with Gasteiger partial charge in [-0.15, -0.1) is 0 Å². The van der Waals surface area contributed by atoms with Crippen LogP contribution < -0.4 is 5.32 Å². The van der Waals surface area contributed by atoms with Crippen LogP contribution in [0.1, 0.15) is 6.42 Å². The number of hydrogen-bond acceptors (Lipinski definition) is 5. The predicted molar refractivity (Wildman–Crippen MR) is 59.5 cm³/mol. The van der Waals surface area contributed by atoms with E-state index in [-0.39, 0.29) is 18.2 Å². The second-order valence-corrected chi connectivity index (χ2v) is 4.33. The highest BCUT2D eigenvalue weighted by Gasteiger charge is 2.36. The zero-order chi connectivity index (χ0) is 11.7. The number of likely N-dealkylation sites (tertiary alicyclic amines) is 1. The average molecular weight is 285 g/mol. The van der Waals surface area contributed by atoms with Crippen molar-refractivity contribution in [3.05, 3.63) is 16.9 Å². The second-order valence-electron chi connectivity index (χ2n) is 3.42. The summed E-state index contributed by atoms with van der Waals surface area (Å²) in [7, 11) is 1.47. The molecule has 2 heterocycles. The summed E-state index contributed by atoms with van der Waals surface area (Å²) in [5.74, 6) is -0.110. The highest BCUT2D eigenvalue weighted by Crippen LogP contribution is 2.15. The van der Waals surface area contributed by atoms with Crippen LogP contribution in [0.4, 0.5) is 5.95 Å². The zero-order valence-corrected chi connectivity index (χ0v) is 10.1. The molecule has 1 unspecified atom stereocenters. The van der Waals surface area contributed by atoms with Crippen LogP contribution in [0.15, 0.2) is 16.9 Å². The molecule has 1 aliphatic heterocycles. The number of aromatic nitrogens is 2. The fourth-order valence-electron chi connectivity index (χ4n) is 1.41. The topological polar surface area (TPSA) is 75.2 Å². The number of amides is 2. The molecule has 1 aromatic rings. The lowest BCUT2D eigenvalue weighted by Crippen LogP contribution is -2.32. The van der Waals surface area contributed by atoms with Crippen LogP contribution in [0.5, 0.6) is 0 Å². The molecule has 84 valence electrons. The van der Waals surface area contributed by atoms with E-state index in [1.807, 2.05) is 0 Å². The first-order valence-corrected chi connectivity index (χ1v) is 5.41. The van der Waals surface area contributed by atoms with Crippen LogP contribution in [0.2, 0.25) is 0 Å². The molecule has 0 spiro atoms. The van der Waals surface area contributed by atoms with E-state index < -0.39 is 6.04 Å². The molecule has 6 nitrogen and oxygen atoms in total. The van der Waals surface area contributed by atoms with Gasteiger partial charge < -0.3 is 5.32 Å². The van der Waals surface area contributed by atoms with Gasteiger partial charge in [0.2, 0.25) is 11.9 Å². The fraction of sp³-hybridized carbons (Fsp3) is 0.333. The number of carbonyl (C=O) groups excluding carboxylic acids is 2. The summed E-state index contributed by atoms with van der Waals surface area (Å²) < 4.78 is 0.754. The molecular formula is C9H9BrN4O2. The van der Waals surface area contributed by atoms with Crippen molar-refractivity contribution in [2.45, 2.75) is 12.5 Å². The van der Waals surface area contributed by atoms with Crippen molar-refractivity contribution in [3.8, 4) is 0 Å². The van der Waals surface area contributed by atoms with Gasteiger partial charge in [0.1, 0.15) is 6.04 Å². The van der Waals surface area contributed by atoms with Crippen LogP contribution in [0, 0.1) is 0 Å². The van der Waals surface area contributed by atoms with Crippen molar-refractivity contribution < 1.29 is 9.59 Å². The Morgan fingerprint density at radius 1 is 1.44 bits per heavy atom. The summed E-state index contributed by atoms with van der Waals surface area (Å²) in [6.07, 6.45) is 3.29. The van der Waals surface area contributed by atoms with E-state index in [1.165, 1.54) is 7.05 Å². The summed E-state index contributed by atoms with van der Waals surface area (Å²) in [4.78, 5) is 31.9. The Balaban J connectivity index is 2.09. The molecule has 1 aliphatic rings. The zero-order valence-electron chi connectivity index (χ0n) is 8.48. The lowest BCUT2D eigenvalue weighted by atomic mass is 10.2. The minimum Gasteiger partial charge on any atom is -0.342 e. The third-order valence-electron chi connectivity index (χ3n) is 2.31. The van der Waals surface area contributed by atoms with Gasteiger partial charge >= 0.3 is 0 Å². The molecule has 1 aromatic heterocycles. The van der Waals surface area contributed by atoms with Gasteiger partial charge in [0.05, 0.1) is 10.9 Å². The minimum atomic E-state index is -0.557. The number of carbonyl (C=O) groups is 2. The van der Waals surface area contributed by atoms with Gasteiger partial charge in [0, 0.05) is 19.4 Å². The van der Waals surface area contributed by atoms with Crippen LogP contribution in [-0.4, -0.2) is 39.8 Å². The van der Waals surface area contributed by atoms with E-state index in [0.717, 1.165) is 9.37 Å². The first kappa shape index (κ1) is 11.0. The van der Waals surface area contributed by atoms with Crippen LogP contribution in [0.25, 0.3) is 0 Å². The van der Waals surface area contributed by atoms with E-state index in [1.54, 1.807) is 12.4 Å². The standard InChI is InChI=1S/C9H9BrN4O2/c1-14-7(15)2-6(8(14)16)13-9-11-3-5(10)4-12-9/h3-4,6H,2H2,1H3,(H,11,12,13). The number of hydrogen-bond donors (Lipinski definition) is 1. The van der Waals surface area contributed by atoms with Crippen molar-refractivity contribution in [1.29, 1.82) is 0 Å². The molecule has 16 heavy (non-hydrogen) atoms. The summed E-state index contributed by atoms with van der Waals surface area (Å²) in [6.45, 7) is 0. The van der Waals surface area contributed by atoms with Crippen molar-refractivity contribution in [3.63, 3.8) is 0 Å². The molecule has 1 N–H and O–H groups in total. The lowest BCUT2D eigenvalue weighted by Gasteiger charge is -2.10. The molecule has 1 atom stereocenters. The van der Waals surface area contributed by atoms with E-state index in [2.05, 4.69) is 31.2 Å². The van der Waals surface area contributed by atoms with Gasteiger partial charge in [-0.1, -0.05) is 0 Å². The number of nitrogens with zero attached hydrogens (tertiary/aromatic N) is 3. The minimum absolute atomic E-state index is 0.148. The lowest BCUT2D eigenvalue weighted by molar-refractivity contribution is -0.136. The van der Waals surface area contributed by atoms with Gasteiger partial charge in [-0.25, -0.2) is 9.97 Å². The number of rotatable bonds is 2. The van der Waals surface area contributed by atoms with E-state index in [9.17, 15) is 9.59 Å². The van der Waals surface area contributed by atoms with E-state index in [0.29, 0.717) is 5.95 Å². The van der Waals surface area contributed by atoms with Gasteiger partial charge in [-0.3, -0.25) is 14.5 Å². The number of halogens is 1. The van der Waals surface area contributed by atoms with Crippen molar-refractivity contribution in [2.24, 2.45) is 0 Å². The summed E-state index contributed by atoms with van der Waals surface area (Å²) >= 11 is 3.21. The first-order chi connectivity index (χ1) is 7.58. The Morgan fingerprint density at radius 3 is 2.56 bits per heavy atom. The monoisotopic (exact) mass is 284 g/mol. The SMILES string of the molecule is CN1C(=O)CC(Nc2ncc(Br)cn2)C1=O. The highest BCUT2D eigenvalue weighted by molar-refractivity contribution is 9.10. The van der Waals surface area contributed by atoms with Gasteiger partial charge in [-0.2, -0.15) is 0 Å². The third-order valence-corrected chi connectivity index (χ3v) is 2.71. The number of likely N-dealkylation sites (N-methyl/N-ethyl adjacent to an activating group) is 1. The number of imide groups is 1. The number of nitrogens with one attached hydrogen (secondary N) is 1. The summed E-state index contributed by atoms with van der Waals surface area (Å²) in [5.41, 5.74) is 0. The molecule has 0 aliphatic carbocycles. The average Bonchev–Trinajstić information content (AvgIpc) is 2.50. The number of anilines is 1. The highest BCUT2D eigenvalue weighted by atomic mass is 79.9. The molecule has 0 bridgehead atoms. The van der Waals surface area contributed by atoms with E-state index >= 15 is 0 Å². The Bertz CT molecular complexity index is 434. The first-order valence-electron chi connectivity index (χ1n) is 4.62. The fourth-order valence-corrected chi connectivity index (χ4v) is 1.62. The Kier molecular flexibility index (Phi) is 2.86. The molecule has 2 rings (SSSR count). The molecule has 7 heteroatoms. The molecule has 0 aromatic carbocycles. The van der Waals surface area contributed by atoms with Crippen molar-refractivity contribution >= 4 is 33.7 Å². The molecular weight excluding hydrogens is 276 g/mol. The quantitative estimate of drug-likeness (QED) is 0.796. The normalized spacial score (nSPS) is 20.4. The van der Waals surface area contributed by atoms with Gasteiger partial charge in [-0.05, 0) is 15.9 Å². The molecule has 0 radical (unpaired) electrons. The maximum Gasteiger partial charge on any atom is 0.252 e. The smallest absolute Gasteiger partial charge is 0.252 e. The maximum absolute atomic E-state index is 11.6. The third kappa shape index (κ3) is 2.04. The summed E-state index contributed by atoms with van der Waals surface area (Å²) in [6, 6.07) is -0.557. The Morgan fingerprint density at radius 2 is 2.06 bits per heavy atom. The van der Waals surface area contributed by atoms with Gasteiger partial charge in [0.25, 0.3) is 5.91 Å². The van der Waals surface area contributed by atoms with Crippen LogP contribution in [0.3, 0.4) is 0 Å². The maximum atomic E-state index is 11.6. The van der Waals surface area contributed by atoms with Crippen molar-refractivity contribution in [2.75, 3.05) is 12.4 Å². The molecule has 1 fully saturated rings. The predicted octanol–water partition coefficient (Wildman–Crippen LogP) is 0.408. The van der Waals surface area contributed by atoms with Crippen molar-refractivity contribution in [1.82, 2.24) is 14.9 Å². The molecule has 0 saturated carbocycles. The Labute approximate surface area is 100 Å². The largest absolute Gasteiger partial charge is 0.342 e.